The Morgan fingerprint density at radius 1 is 1.17 bits per heavy atom. The van der Waals surface area contributed by atoms with Crippen molar-refractivity contribution in [2.75, 3.05) is 19.5 Å². The number of halogens is 1. The van der Waals surface area contributed by atoms with Crippen LogP contribution in [0, 0.1) is 11.3 Å². The molecule has 122 valence electrons. The Morgan fingerprint density at radius 3 is 2.33 bits per heavy atom. The second kappa shape index (κ2) is 8.04. The van der Waals surface area contributed by atoms with Crippen LogP contribution in [0.1, 0.15) is 5.56 Å². The van der Waals surface area contributed by atoms with Crippen molar-refractivity contribution in [2.45, 2.75) is 0 Å². The fourth-order valence-electron chi connectivity index (χ4n) is 2.08. The van der Waals surface area contributed by atoms with Crippen LogP contribution in [0.3, 0.4) is 0 Å². The molecule has 0 bridgehead atoms. The Morgan fingerprint density at radius 2 is 1.79 bits per heavy atom. The number of amides is 1. The maximum Gasteiger partial charge on any atom is 0.266 e. The minimum atomic E-state index is -0.548. The molecule has 0 aliphatic carbocycles. The maximum absolute atomic E-state index is 12.3. The van der Waals surface area contributed by atoms with E-state index in [1.165, 1.54) is 20.3 Å². The predicted octanol–water partition coefficient (Wildman–Crippen LogP) is 3.90. The maximum atomic E-state index is 12.3. The minimum Gasteiger partial charge on any atom is -0.496 e. The summed E-state index contributed by atoms with van der Waals surface area (Å²) in [6, 6.07) is 13.8. The number of anilines is 1. The third-order valence-electron chi connectivity index (χ3n) is 3.20. The quantitative estimate of drug-likeness (QED) is 0.660. The monoisotopic (exact) mass is 342 g/mol. The first kappa shape index (κ1) is 17.4. The molecule has 2 aromatic rings. The van der Waals surface area contributed by atoms with Gasteiger partial charge in [0.1, 0.15) is 23.1 Å². The lowest BCUT2D eigenvalue weighted by atomic mass is 10.1. The van der Waals surface area contributed by atoms with Crippen molar-refractivity contribution < 1.29 is 14.3 Å². The molecule has 0 saturated heterocycles. The SMILES string of the molecule is COc1cccc(OC)c1/C=C(\C#N)C(=O)Nc1cccc(Cl)c1. The van der Waals surface area contributed by atoms with Crippen molar-refractivity contribution in [3.05, 3.63) is 58.6 Å². The van der Waals surface area contributed by atoms with E-state index in [9.17, 15) is 10.1 Å². The summed E-state index contributed by atoms with van der Waals surface area (Å²) in [5.41, 5.74) is 0.929. The Balaban J connectivity index is 2.36. The van der Waals surface area contributed by atoms with E-state index in [2.05, 4.69) is 5.32 Å². The summed E-state index contributed by atoms with van der Waals surface area (Å²) in [6.07, 6.45) is 1.43. The van der Waals surface area contributed by atoms with Crippen LogP contribution in [0.4, 0.5) is 5.69 Å². The molecule has 0 saturated carbocycles. The Hall–Kier alpha value is -2.97. The average molecular weight is 343 g/mol. The number of ether oxygens (including phenoxy) is 2. The molecular weight excluding hydrogens is 328 g/mol. The second-order valence-corrected chi connectivity index (χ2v) is 5.15. The molecule has 0 atom stereocenters. The largest absolute Gasteiger partial charge is 0.496 e. The molecule has 0 aromatic heterocycles. The highest BCUT2D eigenvalue weighted by Gasteiger charge is 2.14. The van der Waals surface area contributed by atoms with Crippen molar-refractivity contribution in [1.29, 1.82) is 5.26 Å². The van der Waals surface area contributed by atoms with E-state index in [0.717, 1.165) is 0 Å². The highest BCUT2D eigenvalue weighted by atomic mass is 35.5. The highest BCUT2D eigenvalue weighted by molar-refractivity contribution is 6.31. The lowest BCUT2D eigenvalue weighted by Gasteiger charge is -2.10. The number of hydrogen-bond acceptors (Lipinski definition) is 4. The summed E-state index contributed by atoms with van der Waals surface area (Å²) in [5.74, 6) is 0.447. The first-order valence-corrected chi connectivity index (χ1v) is 7.36. The molecular formula is C18H15ClN2O3. The molecule has 6 heteroatoms. The van der Waals surface area contributed by atoms with Crippen molar-refractivity contribution in [2.24, 2.45) is 0 Å². The Labute approximate surface area is 145 Å². The lowest BCUT2D eigenvalue weighted by Crippen LogP contribution is -2.13. The van der Waals surface area contributed by atoms with Crippen LogP contribution in [0.2, 0.25) is 5.02 Å². The number of nitriles is 1. The first-order chi connectivity index (χ1) is 11.6. The van der Waals surface area contributed by atoms with Gasteiger partial charge in [-0.1, -0.05) is 23.7 Å². The van der Waals surface area contributed by atoms with E-state index in [4.69, 9.17) is 21.1 Å². The van der Waals surface area contributed by atoms with Gasteiger partial charge in [0.05, 0.1) is 19.8 Å². The van der Waals surface area contributed by atoms with Crippen molar-refractivity contribution in [3.63, 3.8) is 0 Å². The normalized spacial score (nSPS) is 10.7. The second-order valence-electron chi connectivity index (χ2n) is 4.71. The van der Waals surface area contributed by atoms with Crippen molar-refractivity contribution >= 4 is 29.3 Å². The summed E-state index contributed by atoms with van der Waals surface area (Å²) in [4.78, 5) is 12.3. The molecule has 5 nitrogen and oxygen atoms in total. The third-order valence-corrected chi connectivity index (χ3v) is 3.44. The highest BCUT2D eigenvalue weighted by Crippen LogP contribution is 2.30. The van der Waals surface area contributed by atoms with Gasteiger partial charge < -0.3 is 14.8 Å². The summed E-state index contributed by atoms with van der Waals surface area (Å²) in [6.45, 7) is 0. The van der Waals surface area contributed by atoms with Gasteiger partial charge in [-0.15, -0.1) is 0 Å². The van der Waals surface area contributed by atoms with Crippen LogP contribution >= 0.6 is 11.6 Å². The minimum absolute atomic E-state index is 0.0854. The van der Waals surface area contributed by atoms with Gasteiger partial charge in [0, 0.05) is 10.7 Å². The fraction of sp³-hybridized carbons (Fsp3) is 0.111. The molecule has 0 radical (unpaired) electrons. The molecule has 2 rings (SSSR count). The molecule has 0 fully saturated rings. The van der Waals surface area contributed by atoms with Crippen molar-refractivity contribution in [1.82, 2.24) is 0 Å². The summed E-state index contributed by atoms with van der Waals surface area (Å²) < 4.78 is 10.5. The zero-order chi connectivity index (χ0) is 17.5. The number of methoxy groups -OCH3 is 2. The van der Waals surface area contributed by atoms with E-state index < -0.39 is 5.91 Å². The summed E-state index contributed by atoms with van der Waals surface area (Å²) in [5, 5.41) is 12.5. The van der Waals surface area contributed by atoms with Gasteiger partial charge in [-0.2, -0.15) is 5.26 Å². The van der Waals surface area contributed by atoms with Gasteiger partial charge in [0.25, 0.3) is 5.91 Å². The van der Waals surface area contributed by atoms with Crippen LogP contribution in [0.15, 0.2) is 48.0 Å². The van der Waals surface area contributed by atoms with Gasteiger partial charge in [0.2, 0.25) is 0 Å². The first-order valence-electron chi connectivity index (χ1n) is 6.98. The number of hydrogen-bond donors (Lipinski definition) is 1. The molecule has 0 aliphatic rings. The molecule has 0 aliphatic heterocycles. The number of nitrogens with one attached hydrogen (secondary N) is 1. The van der Waals surface area contributed by atoms with E-state index >= 15 is 0 Å². The van der Waals surface area contributed by atoms with Crippen LogP contribution in [-0.4, -0.2) is 20.1 Å². The number of benzene rings is 2. The Kier molecular flexibility index (Phi) is 5.83. The van der Waals surface area contributed by atoms with Gasteiger partial charge in [-0.05, 0) is 36.4 Å². The van der Waals surface area contributed by atoms with Gasteiger partial charge in [-0.3, -0.25) is 4.79 Å². The standard InChI is InChI=1S/C18H15ClN2O3/c1-23-16-7-4-8-17(24-2)15(16)9-12(11-20)18(22)21-14-6-3-5-13(19)10-14/h3-10H,1-2H3,(H,21,22)/b12-9+. The molecule has 0 heterocycles. The Bertz CT molecular complexity index is 803. The molecule has 1 N–H and O–H groups in total. The van der Waals surface area contributed by atoms with E-state index in [-0.39, 0.29) is 5.57 Å². The molecule has 0 unspecified atom stereocenters. The molecule has 2 aromatic carbocycles. The topological polar surface area (TPSA) is 71.3 Å². The zero-order valence-electron chi connectivity index (χ0n) is 13.2. The van der Waals surface area contributed by atoms with Crippen molar-refractivity contribution in [3.8, 4) is 17.6 Å². The molecule has 1 amide bonds. The number of nitrogens with zero attached hydrogens (tertiary/aromatic N) is 1. The average Bonchev–Trinajstić information content (AvgIpc) is 2.59. The van der Waals surface area contributed by atoms with Crippen LogP contribution in [-0.2, 0) is 4.79 Å². The van der Waals surface area contributed by atoms with Crippen LogP contribution < -0.4 is 14.8 Å². The molecule has 24 heavy (non-hydrogen) atoms. The van der Waals surface area contributed by atoms with E-state index in [0.29, 0.717) is 27.8 Å². The van der Waals surface area contributed by atoms with E-state index in [1.54, 1.807) is 42.5 Å². The third kappa shape index (κ3) is 4.06. The number of carbonyl (C=O) groups excluding carboxylic acids is 1. The summed E-state index contributed by atoms with van der Waals surface area (Å²) in [7, 11) is 3.01. The summed E-state index contributed by atoms with van der Waals surface area (Å²) >= 11 is 5.89. The number of carbonyl (C=O) groups is 1. The van der Waals surface area contributed by atoms with Crippen LogP contribution in [0.25, 0.3) is 6.08 Å². The number of rotatable bonds is 5. The lowest BCUT2D eigenvalue weighted by molar-refractivity contribution is -0.112. The smallest absolute Gasteiger partial charge is 0.266 e. The van der Waals surface area contributed by atoms with Crippen LogP contribution in [0.5, 0.6) is 11.5 Å². The fourth-order valence-corrected chi connectivity index (χ4v) is 2.27. The van der Waals surface area contributed by atoms with E-state index in [1.807, 2.05) is 6.07 Å². The van der Waals surface area contributed by atoms with Gasteiger partial charge in [0.15, 0.2) is 0 Å². The zero-order valence-corrected chi connectivity index (χ0v) is 13.9. The predicted molar refractivity (Wildman–Crippen MR) is 93.2 cm³/mol. The van der Waals surface area contributed by atoms with Gasteiger partial charge in [-0.25, -0.2) is 0 Å². The molecule has 0 spiro atoms. The van der Waals surface area contributed by atoms with Gasteiger partial charge >= 0.3 is 0 Å².